The molecule has 88 valence electrons. The summed E-state index contributed by atoms with van der Waals surface area (Å²) in [4.78, 5) is 11.7. The number of nitriles is 1. The lowest BCUT2D eigenvalue weighted by Gasteiger charge is -2.34. The summed E-state index contributed by atoms with van der Waals surface area (Å²) in [5.41, 5.74) is 3.17. The number of carbonyl (C=O) groups is 1. The molecule has 2 unspecified atom stereocenters. The fourth-order valence-electron chi connectivity index (χ4n) is 2.65. The highest BCUT2D eigenvalue weighted by molar-refractivity contribution is 5.95. The highest BCUT2D eigenvalue weighted by Gasteiger charge is 2.37. The van der Waals surface area contributed by atoms with Crippen LogP contribution in [0.3, 0.4) is 0 Å². The number of esters is 1. The van der Waals surface area contributed by atoms with Gasteiger partial charge in [-0.2, -0.15) is 5.26 Å². The third-order valence-corrected chi connectivity index (χ3v) is 3.54. The van der Waals surface area contributed by atoms with Gasteiger partial charge in [0.15, 0.2) is 0 Å². The lowest BCUT2D eigenvalue weighted by molar-refractivity contribution is -0.143. The molecule has 0 aromatic heterocycles. The Morgan fingerprint density at radius 1 is 1.33 bits per heavy atom. The lowest BCUT2D eigenvalue weighted by Crippen LogP contribution is -2.33. The van der Waals surface area contributed by atoms with Gasteiger partial charge in [-0.25, -0.2) is 4.79 Å². The number of carbonyl (C=O) groups excluding carboxylic acids is 1. The molecule has 1 aliphatic heterocycles. The molecule has 0 spiro atoms. The molecule has 0 fully saturated rings. The van der Waals surface area contributed by atoms with Gasteiger partial charge >= 0.3 is 5.97 Å². The predicted octanol–water partition coefficient (Wildman–Crippen LogP) is 2.56. The van der Waals surface area contributed by atoms with Crippen LogP contribution in [0.25, 0.3) is 6.08 Å². The summed E-state index contributed by atoms with van der Waals surface area (Å²) < 4.78 is 5.31. The van der Waals surface area contributed by atoms with Crippen molar-refractivity contribution in [2.24, 2.45) is 0 Å². The van der Waals surface area contributed by atoms with Crippen LogP contribution in [-0.4, -0.2) is 12.1 Å². The van der Waals surface area contributed by atoms with E-state index < -0.39 is 5.97 Å². The topological polar surface area (TPSA) is 50.1 Å². The first-order valence-corrected chi connectivity index (χ1v) is 5.81. The first kappa shape index (κ1) is 10.8. The minimum absolute atomic E-state index is 0.0291. The first-order valence-electron chi connectivity index (χ1n) is 5.81. The van der Waals surface area contributed by atoms with Crippen molar-refractivity contribution in [2.75, 3.05) is 0 Å². The molecular weight excluding hydrogens is 226 g/mol. The lowest BCUT2D eigenvalue weighted by atomic mass is 9.78. The Hall–Kier alpha value is -2.34. The largest absolute Gasteiger partial charge is 0.453 e. The van der Waals surface area contributed by atoms with Gasteiger partial charge in [0.2, 0.25) is 0 Å². The van der Waals surface area contributed by atoms with E-state index in [1.807, 2.05) is 49.4 Å². The molecule has 0 saturated carbocycles. The molecule has 0 amide bonds. The van der Waals surface area contributed by atoms with E-state index >= 15 is 0 Å². The number of nitrogens with zero attached hydrogens (tertiary/aromatic N) is 1. The van der Waals surface area contributed by atoms with Crippen LogP contribution < -0.4 is 0 Å². The van der Waals surface area contributed by atoms with Crippen LogP contribution in [-0.2, 0) is 9.53 Å². The van der Waals surface area contributed by atoms with Crippen LogP contribution in [0.5, 0.6) is 0 Å². The average molecular weight is 237 g/mol. The second kappa shape index (κ2) is 3.85. The molecule has 3 nitrogen and oxygen atoms in total. The van der Waals surface area contributed by atoms with E-state index in [9.17, 15) is 4.79 Å². The van der Waals surface area contributed by atoms with Crippen molar-refractivity contribution in [1.29, 1.82) is 5.26 Å². The Balaban J connectivity index is 2.21. The molecule has 0 N–H and O–H groups in total. The summed E-state index contributed by atoms with van der Waals surface area (Å²) in [7, 11) is 0. The molecule has 1 aromatic carbocycles. The Morgan fingerprint density at radius 3 is 2.89 bits per heavy atom. The molecule has 3 rings (SSSR count). The highest BCUT2D eigenvalue weighted by Crippen LogP contribution is 2.40. The van der Waals surface area contributed by atoms with Crippen molar-refractivity contribution in [3.63, 3.8) is 0 Å². The van der Waals surface area contributed by atoms with Gasteiger partial charge in [0.1, 0.15) is 17.7 Å². The van der Waals surface area contributed by atoms with Crippen molar-refractivity contribution < 1.29 is 9.53 Å². The van der Waals surface area contributed by atoms with Gasteiger partial charge in [-0.1, -0.05) is 30.3 Å². The van der Waals surface area contributed by atoms with E-state index in [4.69, 9.17) is 10.00 Å². The number of benzene rings is 1. The number of rotatable bonds is 0. The van der Waals surface area contributed by atoms with Crippen LogP contribution in [0.4, 0.5) is 0 Å². The van der Waals surface area contributed by atoms with Crippen molar-refractivity contribution in [2.45, 2.75) is 18.9 Å². The fraction of sp³-hybridized carbons (Fsp3) is 0.200. The minimum atomic E-state index is -0.514. The van der Waals surface area contributed by atoms with E-state index in [1.54, 1.807) is 0 Å². The number of hydrogen-bond acceptors (Lipinski definition) is 3. The van der Waals surface area contributed by atoms with Crippen molar-refractivity contribution >= 4 is 12.0 Å². The quantitative estimate of drug-likeness (QED) is 0.651. The Labute approximate surface area is 105 Å². The van der Waals surface area contributed by atoms with Crippen LogP contribution in [0.2, 0.25) is 0 Å². The highest BCUT2D eigenvalue weighted by atomic mass is 16.5. The summed E-state index contributed by atoms with van der Waals surface area (Å²) in [6.45, 7) is 1.84. The number of hydrogen-bond donors (Lipinski definition) is 0. The maximum absolute atomic E-state index is 11.7. The molecule has 0 radical (unpaired) electrons. The molecule has 1 heterocycles. The molecular formula is C15H11NO2. The Morgan fingerprint density at radius 2 is 2.11 bits per heavy atom. The van der Waals surface area contributed by atoms with Crippen molar-refractivity contribution in [3.05, 3.63) is 52.6 Å². The van der Waals surface area contributed by atoms with Gasteiger partial charge in [0, 0.05) is 5.92 Å². The normalized spacial score (nSPS) is 25.0. The van der Waals surface area contributed by atoms with Gasteiger partial charge in [-0.15, -0.1) is 0 Å². The van der Waals surface area contributed by atoms with Gasteiger partial charge in [0.25, 0.3) is 0 Å². The molecule has 2 atom stereocenters. The van der Waals surface area contributed by atoms with E-state index in [2.05, 4.69) is 0 Å². The first-order chi connectivity index (χ1) is 8.72. The molecule has 1 aliphatic carbocycles. The van der Waals surface area contributed by atoms with E-state index in [0.717, 1.165) is 16.7 Å². The van der Waals surface area contributed by atoms with Crippen LogP contribution in [0.1, 0.15) is 24.0 Å². The van der Waals surface area contributed by atoms with Crippen LogP contribution in [0, 0.1) is 11.3 Å². The van der Waals surface area contributed by atoms with E-state index in [0.29, 0.717) is 0 Å². The third-order valence-electron chi connectivity index (χ3n) is 3.54. The monoisotopic (exact) mass is 237 g/mol. The molecule has 18 heavy (non-hydrogen) atoms. The maximum atomic E-state index is 11.7. The van der Waals surface area contributed by atoms with Gasteiger partial charge < -0.3 is 4.74 Å². The number of fused-ring (bicyclic) bond motifs is 3. The summed E-state index contributed by atoms with van der Waals surface area (Å²) in [5.74, 6) is -0.543. The van der Waals surface area contributed by atoms with Gasteiger partial charge in [-0.05, 0) is 29.7 Å². The van der Waals surface area contributed by atoms with Crippen molar-refractivity contribution in [1.82, 2.24) is 0 Å². The second-order valence-corrected chi connectivity index (χ2v) is 4.51. The zero-order chi connectivity index (χ0) is 12.7. The fourth-order valence-corrected chi connectivity index (χ4v) is 2.65. The standard InChI is InChI=1S/C15H11NO2/c1-9-12(8-16)15(17)18-13-7-6-10-4-2-3-5-11(10)14(9)13/h2-7,13-14H,1H3. The zero-order valence-corrected chi connectivity index (χ0v) is 9.88. The molecule has 3 heteroatoms. The maximum Gasteiger partial charge on any atom is 0.349 e. The summed E-state index contributed by atoms with van der Waals surface area (Å²) in [5, 5.41) is 9.04. The molecule has 0 bridgehead atoms. The molecule has 2 aliphatic rings. The Kier molecular flexibility index (Phi) is 2.31. The summed E-state index contributed by atoms with van der Waals surface area (Å²) in [6, 6.07) is 9.93. The van der Waals surface area contributed by atoms with Gasteiger partial charge in [-0.3, -0.25) is 0 Å². The predicted molar refractivity (Wildman–Crippen MR) is 66.4 cm³/mol. The smallest absolute Gasteiger partial charge is 0.349 e. The number of ether oxygens (including phenoxy) is 1. The zero-order valence-electron chi connectivity index (χ0n) is 9.88. The second-order valence-electron chi connectivity index (χ2n) is 4.51. The minimum Gasteiger partial charge on any atom is -0.453 e. The molecule has 1 aromatic rings. The molecule has 0 saturated heterocycles. The van der Waals surface area contributed by atoms with Crippen molar-refractivity contribution in [3.8, 4) is 6.07 Å². The van der Waals surface area contributed by atoms with E-state index in [1.165, 1.54) is 0 Å². The van der Waals surface area contributed by atoms with Crippen LogP contribution >= 0.6 is 0 Å². The van der Waals surface area contributed by atoms with Crippen LogP contribution in [0.15, 0.2) is 41.5 Å². The Bertz CT molecular complexity index is 634. The summed E-state index contributed by atoms with van der Waals surface area (Å²) in [6.07, 6.45) is 3.57. The summed E-state index contributed by atoms with van der Waals surface area (Å²) >= 11 is 0. The average Bonchev–Trinajstić information content (AvgIpc) is 2.38. The SMILES string of the molecule is CC1=C(C#N)C(=O)OC2C=Cc3ccccc3C12. The van der Waals surface area contributed by atoms with E-state index in [-0.39, 0.29) is 17.6 Å². The van der Waals surface area contributed by atoms with Gasteiger partial charge in [0.05, 0.1) is 0 Å². The third kappa shape index (κ3) is 1.39.